The van der Waals surface area contributed by atoms with Crippen LogP contribution < -0.4 is 16.6 Å². The van der Waals surface area contributed by atoms with Crippen LogP contribution in [-0.4, -0.2) is 32.1 Å². The van der Waals surface area contributed by atoms with E-state index in [1.165, 1.54) is 12.8 Å². The number of carboxylic acids is 1. The third-order valence-corrected chi connectivity index (χ3v) is 4.54. The summed E-state index contributed by atoms with van der Waals surface area (Å²) >= 11 is 0. The van der Waals surface area contributed by atoms with Crippen LogP contribution in [0.15, 0.2) is 29.2 Å². The predicted molar refractivity (Wildman–Crippen MR) is 99.6 cm³/mol. The molecule has 1 rings (SSSR count). The average Bonchev–Trinajstić information content (AvgIpc) is 2.55. The number of hydrogen-bond acceptors (Lipinski definition) is 5. The van der Waals surface area contributed by atoms with Gasteiger partial charge in [0.25, 0.3) is 0 Å². The normalized spacial score (nSPS) is 12.2. The Morgan fingerprint density at radius 1 is 1.12 bits per heavy atom. The van der Waals surface area contributed by atoms with E-state index in [1.54, 1.807) is 12.1 Å². The van der Waals surface area contributed by atoms with Crippen molar-refractivity contribution in [2.45, 2.75) is 62.8 Å². The lowest BCUT2D eigenvalue weighted by Crippen LogP contribution is -2.29. The van der Waals surface area contributed by atoms with Gasteiger partial charge in [-0.25, -0.2) is 13.6 Å². The fraction of sp³-hybridized carbons (Fsp3) is 0.588. The van der Waals surface area contributed by atoms with E-state index in [9.17, 15) is 13.2 Å². The Hall–Kier alpha value is -1.48. The van der Waals surface area contributed by atoms with Crippen LogP contribution in [0.4, 0.5) is 0 Å². The van der Waals surface area contributed by atoms with Crippen molar-refractivity contribution < 1.29 is 18.3 Å². The third-order valence-electron chi connectivity index (χ3n) is 3.61. The summed E-state index contributed by atoms with van der Waals surface area (Å²) < 4.78 is 22.0. The molecular formula is C17H31N3O4S. The highest BCUT2D eigenvalue weighted by atomic mass is 32.2. The van der Waals surface area contributed by atoms with Gasteiger partial charge in [0.05, 0.1) is 4.90 Å². The fourth-order valence-electron chi connectivity index (χ4n) is 2.06. The molecule has 0 aliphatic rings. The van der Waals surface area contributed by atoms with Crippen molar-refractivity contribution in [2.75, 3.05) is 6.54 Å². The molecule has 0 radical (unpaired) electrons. The van der Waals surface area contributed by atoms with Crippen LogP contribution in [0.5, 0.6) is 0 Å². The van der Waals surface area contributed by atoms with Gasteiger partial charge < -0.3 is 16.6 Å². The molecule has 1 aromatic rings. The number of carbonyl (C=O) groups is 1. The Bertz CT molecular complexity index is 588. The molecular weight excluding hydrogens is 342 g/mol. The number of carboxylic acid groups (broad SMARTS) is 1. The van der Waals surface area contributed by atoms with Gasteiger partial charge in [0.15, 0.2) is 0 Å². The van der Waals surface area contributed by atoms with Crippen molar-refractivity contribution in [3.05, 3.63) is 29.8 Å². The maximum atomic E-state index is 11.0. The largest absolute Gasteiger partial charge is 0.480 e. The quantitative estimate of drug-likeness (QED) is 0.457. The molecule has 0 unspecified atom stereocenters. The third kappa shape index (κ3) is 11.7. The molecule has 0 aromatic heterocycles. The number of aryl methyl sites for hydroxylation is 1. The number of nitrogens with two attached hydrogens (primary N) is 3. The standard InChI is InChI=1S/C11H17NO2S.C6H14N2O2/c1-2-3-4-5-10-6-8-11(9-7-10)15(12,13)14;7-4-2-1-3-5(8)6(9)10/h6-9H,2-5H2,1H3,(H2,12,13,14);5H,1-4,7-8H2,(H,9,10)/t;5-/m.0/s1. The summed E-state index contributed by atoms with van der Waals surface area (Å²) in [5.74, 6) is -0.933. The topological polar surface area (TPSA) is 150 Å². The van der Waals surface area contributed by atoms with Gasteiger partial charge in [-0.05, 0) is 49.9 Å². The maximum absolute atomic E-state index is 11.0. The molecule has 7 N–H and O–H groups in total. The molecule has 7 nitrogen and oxygen atoms in total. The number of hydrogen-bond donors (Lipinski definition) is 4. The molecule has 0 aliphatic carbocycles. The summed E-state index contributed by atoms with van der Waals surface area (Å²) in [5, 5.41) is 13.3. The van der Waals surface area contributed by atoms with Crippen molar-refractivity contribution in [1.29, 1.82) is 0 Å². The second kappa shape index (κ2) is 12.8. The van der Waals surface area contributed by atoms with Crippen molar-refractivity contribution in [3.63, 3.8) is 0 Å². The van der Waals surface area contributed by atoms with Gasteiger partial charge in [-0.3, -0.25) is 4.79 Å². The average molecular weight is 374 g/mol. The lowest BCUT2D eigenvalue weighted by atomic mass is 10.1. The van der Waals surface area contributed by atoms with E-state index in [-0.39, 0.29) is 4.90 Å². The molecule has 8 heteroatoms. The second-order valence-electron chi connectivity index (χ2n) is 5.88. The van der Waals surface area contributed by atoms with E-state index in [1.807, 2.05) is 12.1 Å². The van der Waals surface area contributed by atoms with Crippen LogP contribution in [0.3, 0.4) is 0 Å². The zero-order valence-corrected chi connectivity index (χ0v) is 15.7. The van der Waals surface area contributed by atoms with E-state index >= 15 is 0 Å². The van der Waals surface area contributed by atoms with Crippen LogP contribution in [0.25, 0.3) is 0 Å². The molecule has 0 aliphatic heterocycles. The van der Waals surface area contributed by atoms with E-state index in [0.29, 0.717) is 13.0 Å². The first kappa shape index (κ1) is 23.5. The molecule has 0 amide bonds. The minimum atomic E-state index is -3.54. The van der Waals surface area contributed by atoms with Crippen molar-refractivity contribution in [3.8, 4) is 0 Å². The van der Waals surface area contributed by atoms with E-state index in [2.05, 4.69) is 6.92 Å². The smallest absolute Gasteiger partial charge is 0.320 e. The Morgan fingerprint density at radius 2 is 1.72 bits per heavy atom. The first-order valence-electron chi connectivity index (χ1n) is 8.52. The maximum Gasteiger partial charge on any atom is 0.320 e. The Balaban J connectivity index is 0.000000504. The lowest BCUT2D eigenvalue weighted by Gasteiger charge is -2.03. The molecule has 0 saturated carbocycles. The molecule has 1 atom stereocenters. The first-order chi connectivity index (χ1) is 11.7. The highest BCUT2D eigenvalue weighted by Crippen LogP contribution is 2.11. The van der Waals surface area contributed by atoms with Crippen molar-refractivity contribution >= 4 is 16.0 Å². The number of sulfonamides is 1. The van der Waals surface area contributed by atoms with Gasteiger partial charge in [0, 0.05) is 0 Å². The summed E-state index contributed by atoms with van der Waals surface area (Å²) in [5.41, 5.74) is 11.6. The Labute approximate surface area is 150 Å². The van der Waals surface area contributed by atoms with E-state index < -0.39 is 22.0 Å². The van der Waals surface area contributed by atoms with Gasteiger partial charge in [-0.1, -0.05) is 38.3 Å². The fourth-order valence-corrected chi connectivity index (χ4v) is 2.57. The number of benzene rings is 1. The summed E-state index contributed by atoms with van der Waals surface area (Å²) in [6.07, 6.45) is 6.70. The molecule has 1 aromatic carbocycles. The molecule has 0 bridgehead atoms. The lowest BCUT2D eigenvalue weighted by molar-refractivity contribution is -0.138. The zero-order valence-electron chi connectivity index (χ0n) is 14.9. The molecule has 0 fully saturated rings. The Morgan fingerprint density at radius 3 is 2.16 bits per heavy atom. The summed E-state index contributed by atoms with van der Waals surface area (Å²) in [7, 11) is -3.54. The molecule has 144 valence electrons. The zero-order chi connectivity index (χ0) is 19.3. The molecule has 0 saturated heterocycles. The van der Waals surface area contributed by atoms with Gasteiger partial charge >= 0.3 is 5.97 Å². The van der Waals surface area contributed by atoms with Gasteiger partial charge in [-0.15, -0.1) is 0 Å². The number of primary sulfonamides is 1. The SMILES string of the molecule is CCCCCc1ccc(S(N)(=O)=O)cc1.NCCCC[C@H](N)C(=O)O. The molecule has 0 heterocycles. The van der Waals surface area contributed by atoms with E-state index in [4.69, 9.17) is 21.7 Å². The summed E-state index contributed by atoms with van der Waals surface area (Å²) in [6.45, 7) is 2.76. The second-order valence-corrected chi connectivity index (χ2v) is 7.44. The van der Waals surface area contributed by atoms with Crippen LogP contribution in [0.1, 0.15) is 51.0 Å². The highest BCUT2D eigenvalue weighted by molar-refractivity contribution is 7.89. The monoisotopic (exact) mass is 373 g/mol. The summed E-state index contributed by atoms with van der Waals surface area (Å²) in [6, 6.07) is 6.07. The Kier molecular flexibility index (Phi) is 12.1. The number of aliphatic carboxylic acids is 1. The number of unbranched alkanes of at least 4 members (excludes halogenated alkanes) is 3. The van der Waals surface area contributed by atoms with Crippen molar-refractivity contribution in [1.82, 2.24) is 0 Å². The summed E-state index contributed by atoms with van der Waals surface area (Å²) in [4.78, 5) is 10.3. The van der Waals surface area contributed by atoms with Gasteiger partial charge in [0.2, 0.25) is 10.0 Å². The minimum Gasteiger partial charge on any atom is -0.480 e. The predicted octanol–water partition coefficient (Wildman–Crippen LogP) is 1.59. The molecule has 25 heavy (non-hydrogen) atoms. The number of rotatable bonds is 10. The van der Waals surface area contributed by atoms with Crippen molar-refractivity contribution in [2.24, 2.45) is 16.6 Å². The first-order valence-corrected chi connectivity index (χ1v) is 10.1. The van der Waals surface area contributed by atoms with Crippen LogP contribution >= 0.6 is 0 Å². The van der Waals surface area contributed by atoms with Gasteiger partial charge in [-0.2, -0.15) is 0 Å². The van der Waals surface area contributed by atoms with Crippen LogP contribution in [0, 0.1) is 0 Å². The van der Waals surface area contributed by atoms with E-state index in [0.717, 1.165) is 31.2 Å². The van der Waals surface area contributed by atoms with Gasteiger partial charge in [0.1, 0.15) is 6.04 Å². The minimum absolute atomic E-state index is 0.182. The van der Waals surface area contributed by atoms with Crippen LogP contribution in [0.2, 0.25) is 0 Å². The van der Waals surface area contributed by atoms with Crippen LogP contribution in [-0.2, 0) is 21.2 Å². The highest BCUT2D eigenvalue weighted by Gasteiger charge is 2.09. The molecule has 0 spiro atoms.